The van der Waals surface area contributed by atoms with Crippen LogP contribution in [-0.4, -0.2) is 35.6 Å². The summed E-state index contributed by atoms with van der Waals surface area (Å²) in [7, 11) is 0. The van der Waals surface area contributed by atoms with E-state index in [0.29, 0.717) is 18.5 Å². The largest absolute Gasteiger partial charge is 0.480 e. The molecule has 1 aliphatic rings. The van der Waals surface area contributed by atoms with E-state index in [1.807, 2.05) is 6.07 Å². The maximum absolute atomic E-state index is 11.8. The lowest BCUT2D eigenvalue weighted by Crippen LogP contribution is -2.36. The molecule has 1 fully saturated rings. The van der Waals surface area contributed by atoms with Crippen molar-refractivity contribution >= 4 is 11.9 Å². The lowest BCUT2D eigenvalue weighted by molar-refractivity contribution is -0.139. The van der Waals surface area contributed by atoms with Gasteiger partial charge in [0.05, 0.1) is 0 Å². The van der Waals surface area contributed by atoms with Crippen molar-refractivity contribution in [2.75, 3.05) is 6.54 Å². The van der Waals surface area contributed by atoms with Gasteiger partial charge in [-0.15, -0.1) is 0 Å². The number of aliphatic carboxylic acids is 1. The molecule has 1 aliphatic heterocycles. The van der Waals surface area contributed by atoms with E-state index in [9.17, 15) is 9.59 Å². The molecule has 5 nitrogen and oxygen atoms in total. The van der Waals surface area contributed by atoms with Gasteiger partial charge in [0, 0.05) is 18.2 Å². The Morgan fingerprint density at radius 1 is 1.29 bits per heavy atom. The first-order valence-electron chi connectivity index (χ1n) is 5.49. The molecule has 3 N–H and O–H groups in total. The maximum Gasteiger partial charge on any atom is 0.320 e. The van der Waals surface area contributed by atoms with Crippen LogP contribution in [0.5, 0.6) is 0 Å². The Morgan fingerprint density at radius 2 is 2.00 bits per heavy atom. The Balaban J connectivity index is 1.91. The fourth-order valence-electron chi connectivity index (χ4n) is 1.89. The predicted octanol–water partition coefficient (Wildman–Crippen LogP) is 0.232. The lowest BCUT2D eigenvalue weighted by atomic mass is 10.1. The summed E-state index contributed by atoms with van der Waals surface area (Å²) in [5.74, 6) is -1.04. The fourth-order valence-corrected chi connectivity index (χ4v) is 1.89. The third kappa shape index (κ3) is 2.82. The molecule has 5 heteroatoms. The van der Waals surface area contributed by atoms with Gasteiger partial charge in [-0.25, -0.2) is 0 Å². The van der Waals surface area contributed by atoms with Crippen molar-refractivity contribution in [2.24, 2.45) is 0 Å². The van der Waals surface area contributed by atoms with E-state index >= 15 is 0 Å². The quantitative estimate of drug-likeness (QED) is 0.699. The highest BCUT2D eigenvalue weighted by molar-refractivity contribution is 5.94. The van der Waals surface area contributed by atoms with E-state index in [0.717, 1.165) is 0 Å². The first-order valence-corrected chi connectivity index (χ1v) is 5.49. The van der Waals surface area contributed by atoms with Crippen molar-refractivity contribution in [1.82, 2.24) is 10.6 Å². The Bertz CT molecular complexity index is 419. The van der Waals surface area contributed by atoms with Crippen molar-refractivity contribution in [2.45, 2.75) is 18.5 Å². The third-order valence-corrected chi connectivity index (χ3v) is 2.80. The van der Waals surface area contributed by atoms with Gasteiger partial charge in [0.25, 0.3) is 5.91 Å². The van der Waals surface area contributed by atoms with Crippen LogP contribution in [-0.2, 0) is 4.79 Å². The Labute approximate surface area is 98.8 Å². The second-order valence-corrected chi connectivity index (χ2v) is 4.07. The third-order valence-electron chi connectivity index (χ3n) is 2.80. The summed E-state index contributed by atoms with van der Waals surface area (Å²) in [5.41, 5.74) is 0.589. The molecule has 2 atom stereocenters. The van der Waals surface area contributed by atoms with Crippen LogP contribution in [0.4, 0.5) is 0 Å². The highest BCUT2D eigenvalue weighted by Gasteiger charge is 2.29. The van der Waals surface area contributed by atoms with E-state index in [2.05, 4.69) is 10.6 Å². The zero-order valence-electron chi connectivity index (χ0n) is 9.22. The number of benzene rings is 1. The molecule has 1 amide bonds. The standard InChI is InChI=1S/C12H14N2O3/c15-11(8-4-2-1-3-5-8)14-9-6-10(12(16)17)13-7-9/h1-5,9-10,13H,6-7H2,(H,14,15)(H,16,17)/t9-,10?/m0/s1. The molecule has 1 saturated heterocycles. The summed E-state index contributed by atoms with van der Waals surface area (Å²) in [4.78, 5) is 22.5. The lowest BCUT2D eigenvalue weighted by Gasteiger charge is -2.11. The summed E-state index contributed by atoms with van der Waals surface area (Å²) in [6.45, 7) is 0.496. The molecule has 0 radical (unpaired) electrons. The molecule has 1 aromatic carbocycles. The van der Waals surface area contributed by atoms with Gasteiger partial charge in [-0.3, -0.25) is 9.59 Å². The van der Waals surface area contributed by atoms with Crippen molar-refractivity contribution < 1.29 is 14.7 Å². The summed E-state index contributed by atoms with van der Waals surface area (Å²) in [6, 6.07) is 8.21. The summed E-state index contributed by atoms with van der Waals surface area (Å²) in [5, 5.41) is 14.5. The Hall–Kier alpha value is -1.88. The van der Waals surface area contributed by atoms with E-state index in [1.54, 1.807) is 24.3 Å². The van der Waals surface area contributed by atoms with E-state index < -0.39 is 12.0 Å². The number of hydrogen-bond acceptors (Lipinski definition) is 3. The Morgan fingerprint density at radius 3 is 2.59 bits per heavy atom. The number of carbonyl (C=O) groups excluding carboxylic acids is 1. The molecule has 0 aliphatic carbocycles. The van der Waals surface area contributed by atoms with E-state index in [-0.39, 0.29) is 11.9 Å². The van der Waals surface area contributed by atoms with E-state index in [1.165, 1.54) is 0 Å². The second kappa shape index (κ2) is 4.97. The molecule has 90 valence electrons. The minimum Gasteiger partial charge on any atom is -0.480 e. The smallest absolute Gasteiger partial charge is 0.320 e. The van der Waals surface area contributed by atoms with Crippen LogP contribution in [0.25, 0.3) is 0 Å². The van der Waals surface area contributed by atoms with Crippen molar-refractivity contribution in [3.8, 4) is 0 Å². The molecular formula is C12H14N2O3. The molecule has 17 heavy (non-hydrogen) atoms. The summed E-state index contributed by atoms with van der Waals surface area (Å²) < 4.78 is 0. The monoisotopic (exact) mass is 234 g/mol. The fraction of sp³-hybridized carbons (Fsp3) is 0.333. The minimum absolute atomic E-state index is 0.121. The summed E-state index contributed by atoms with van der Waals surface area (Å²) in [6.07, 6.45) is 0.425. The van der Waals surface area contributed by atoms with Crippen LogP contribution in [0.1, 0.15) is 16.8 Å². The normalized spacial score (nSPS) is 23.3. The number of carboxylic acids is 1. The first kappa shape index (κ1) is 11.6. The van der Waals surface area contributed by atoms with Crippen molar-refractivity contribution in [1.29, 1.82) is 0 Å². The number of carboxylic acid groups (broad SMARTS) is 1. The van der Waals surface area contributed by atoms with Crippen LogP contribution in [0.3, 0.4) is 0 Å². The molecule has 0 bridgehead atoms. The number of amides is 1. The average Bonchev–Trinajstić information content (AvgIpc) is 2.79. The zero-order chi connectivity index (χ0) is 12.3. The molecule has 1 heterocycles. The number of carbonyl (C=O) groups is 2. The molecule has 2 rings (SSSR count). The molecule has 1 unspecified atom stereocenters. The highest BCUT2D eigenvalue weighted by atomic mass is 16.4. The number of hydrogen-bond donors (Lipinski definition) is 3. The molecular weight excluding hydrogens is 220 g/mol. The van der Waals surface area contributed by atoms with Gasteiger partial charge in [-0.05, 0) is 18.6 Å². The van der Waals surface area contributed by atoms with Crippen molar-refractivity contribution in [3.63, 3.8) is 0 Å². The van der Waals surface area contributed by atoms with Gasteiger partial charge in [0.1, 0.15) is 6.04 Å². The molecule has 0 aromatic heterocycles. The van der Waals surface area contributed by atoms with Crippen LogP contribution in [0.15, 0.2) is 30.3 Å². The SMILES string of the molecule is O=C(N[C@@H]1CNC(C(=O)O)C1)c1ccccc1. The zero-order valence-corrected chi connectivity index (χ0v) is 9.22. The van der Waals surface area contributed by atoms with Gasteiger partial charge in [-0.1, -0.05) is 18.2 Å². The maximum atomic E-state index is 11.8. The van der Waals surface area contributed by atoms with Gasteiger partial charge < -0.3 is 15.7 Å². The van der Waals surface area contributed by atoms with Gasteiger partial charge in [0.15, 0.2) is 0 Å². The average molecular weight is 234 g/mol. The van der Waals surface area contributed by atoms with Crippen molar-refractivity contribution in [3.05, 3.63) is 35.9 Å². The Kier molecular flexibility index (Phi) is 3.39. The predicted molar refractivity (Wildman–Crippen MR) is 61.7 cm³/mol. The molecule has 0 spiro atoms. The topological polar surface area (TPSA) is 78.4 Å². The van der Waals surface area contributed by atoms with E-state index in [4.69, 9.17) is 5.11 Å². The van der Waals surface area contributed by atoms with Crippen LogP contribution < -0.4 is 10.6 Å². The highest BCUT2D eigenvalue weighted by Crippen LogP contribution is 2.08. The number of rotatable bonds is 3. The second-order valence-electron chi connectivity index (χ2n) is 4.07. The molecule has 0 saturated carbocycles. The van der Waals surface area contributed by atoms with Crippen LogP contribution in [0.2, 0.25) is 0 Å². The molecule has 1 aromatic rings. The van der Waals surface area contributed by atoms with Crippen LogP contribution >= 0.6 is 0 Å². The minimum atomic E-state index is -0.874. The summed E-state index contributed by atoms with van der Waals surface area (Å²) >= 11 is 0. The van der Waals surface area contributed by atoms with Crippen LogP contribution in [0, 0.1) is 0 Å². The number of nitrogens with one attached hydrogen (secondary N) is 2. The van der Waals surface area contributed by atoms with Gasteiger partial charge >= 0.3 is 5.97 Å². The van der Waals surface area contributed by atoms with Gasteiger partial charge in [-0.2, -0.15) is 0 Å². The van der Waals surface area contributed by atoms with Gasteiger partial charge in [0.2, 0.25) is 0 Å². The first-order chi connectivity index (χ1) is 8.16.